The zero-order valence-electron chi connectivity index (χ0n) is 11.5. The molecule has 0 aliphatic rings. The Morgan fingerprint density at radius 3 is 2.76 bits per heavy atom. The molecule has 2 heterocycles. The molecular formula is C16H14N2O3. The number of aryl methyl sites for hydroxylation is 1. The molecule has 1 N–H and O–H groups in total. The van der Waals surface area contributed by atoms with Crippen LogP contribution in [-0.4, -0.2) is 11.1 Å². The van der Waals surface area contributed by atoms with E-state index in [2.05, 4.69) is 10.5 Å². The predicted octanol–water partition coefficient (Wildman–Crippen LogP) is 3.17. The first-order valence-corrected chi connectivity index (χ1v) is 6.57. The van der Waals surface area contributed by atoms with Crippen molar-refractivity contribution >= 4 is 5.91 Å². The number of amides is 1. The lowest BCUT2D eigenvalue weighted by Gasteiger charge is -1.98. The average molecular weight is 282 g/mol. The van der Waals surface area contributed by atoms with E-state index in [4.69, 9.17) is 8.94 Å². The van der Waals surface area contributed by atoms with Crippen LogP contribution in [-0.2, 0) is 6.54 Å². The Kier molecular flexibility index (Phi) is 3.55. The summed E-state index contributed by atoms with van der Waals surface area (Å²) in [5.74, 6) is 0.675. The highest BCUT2D eigenvalue weighted by Gasteiger charge is 2.10. The number of hydrogen-bond donors (Lipinski definition) is 1. The van der Waals surface area contributed by atoms with E-state index in [0.29, 0.717) is 11.5 Å². The monoisotopic (exact) mass is 282 g/mol. The number of benzene rings is 1. The Morgan fingerprint density at radius 2 is 2.05 bits per heavy atom. The van der Waals surface area contributed by atoms with E-state index in [1.807, 2.05) is 37.3 Å². The lowest BCUT2D eigenvalue weighted by molar-refractivity contribution is 0.0922. The van der Waals surface area contributed by atoms with Gasteiger partial charge in [-0.05, 0) is 19.1 Å². The summed E-state index contributed by atoms with van der Waals surface area (Å²) in [5.41, 5.74) is 2.80. The second kappa shape index (κ2) is 5.66. The van der Waals surface area contributed by atoms with Crippen molar-refractivity contribution in [3.8, 4) is 11.3 Å². The third kappa shape index (κ3) is 3.02. The van der Waals surface area contributed by atoms with Crippen LogP contribution < -0.4 is 5.32 Å². The molecule has 3 aromatic rings. The molecule has 1 amide bonds. The van der Waals surface area contributed by atoms with Crippen LogP contribution in [0.4, 0.5) is 0 Å². The molecule has 5 nitrogen and oxygen atoms in total. The van der Waals surface area contributed by atoms with Crippen molar-refractivity contribution in [3.05, 3.63) is 65.7 Å². The van der Waals surface area contributed by atoms with E-state index in [-0.39, 0.29) is 18.2 Å². The minimum absolute atomic E-state index is 0.275. The SMILES string of the molecule is Cc1ccc(-c2cc(CNC(=O)c3ccco3)no2)cc1. The molecule has 0 aliphatic heterocycles. The molecule has 0 spiro atoms. The number of carbonyl (C=O) groups is 1. The lowest BCUT2D eigenvalue weighted by Crippen LogP contribution is -2.22. The zero-order valence-corrected chi connectivity index (χ0v) is 11.5. The van der Waals surface area contributed by atoms with Crippen LogP contribution in [0.25, 0.3) is 11.3 Å². The summed E-state index contributed by atoms with van der Waals surface area (Å²) >= 11 is 0. The van der Waals surface area contributed by atoms with Crippen LogP contribution in [0.5, 0.6) is 0 Å². The Labute approximate surface area is 121 Å². The molecular weight excluding hydrogens is 268 g/mol. The summed E-state index contributed by atoms with van der Waals surface area (Å²) in [4.78, 5) is 11.7. The molecule has 0 saturated heterocycles. The van der Waals surface area contributed by atoms with Gasteiger partial charge in [-0.15, -0.1) is 0 Å². The van der Waals surface area contributed by atoms with Crippen molar-refractivity contribution in [2.45, 2.75) is 13.5 Å². The van der Waals surface area contributed by atoms with E-state index in [1.165, 1.54) is 11.8 Å². The van der Waals surface area contributed by atoms with Gasteiger partial charge in [0.1, 0.15) is 5.69 Å². The highest BCUT2D eigenvalue weighted by atomic mass is 16.5. The van der Waals surface area contributed by atoms with Gasteiger partial charge in [-0.1, -0.05) is 35.0 Å². The molecule has 0 atom stereocenters. The predicted molar refractivity (Wildman–Crippen MR) is 76.6 cm³/mol. The smallest absolute Gasteiger partial charge is 0.287 e. The summed E-state index contributed by atoms with van der Waals surface area (Å²) in [7, 11) is 0. The molecule has 0 aliphatic carbocycles. The molecule has 3 rings (SSSR count). The van der Waals surface area contributed by atoms with E-state index in [0.717, 1.165) is 5.56 Å². The fraction of sp³-hybridized carbons (Fsp3) is 0.125. The number of hydrogen-bond acceptors (Lipinski definition) is 4. The summed E-state index contributed by atoms with van der Waals surface area (Å²) in [6.07, 6.45) is 1.46. The molecule has 2 aromatic heterocycles. The first-order valence-electron chi connectivity index (χ1n) is 6.57. The van der Waals surface area contributed by atoms with Crippen molar-refractivity contribution in [1.82, 2.24) is 10.5 Å². The van der Waals surface area contributed by atoms with Gasteiger partial charge in [-0.2, -0.15) is 0 Å². The summed E-state index contributed by atoms with van der Waals surface area (Å²) in [6, 6.07) is 13.1. The van der Waals surface area contributed by atoms with E-state index in [1.54, 1.807) is 12.1 Å². The van der Waals surface area contributed by atoms with E-state index >= 15 is 0 Å². The third-order valence-corrected chi connectivity index (χ3v) is 3.07. The van der Waals surface area contributed by atoms with Gasteiger partial charge in [0, 0.05) is 11.6 Å². The summed E-state index contributed by atoms with van der Waals surface area (Å²) < 4.78 is 10.3. The first kappa shape index (κ1) is 13.2. The number of carbonyl (C=O) groups excluding carboxylic acids is 1. The zero-order chi connectivity index (χ0) is 14.7. The Morgan fingerprint density at radius 1 is 1.24 bits per heavy atom. The maximum atomic E-state index is 11.7. The first-order chi connectivity index (χ1) is 10.2. The average Bonchev–Trinajstić information content (AvgIpc) is 3.17. The highest BCUT2D eigenvalue weighted by molar-refractivity contribution is 5.91. The molecule has 106 valence electrons. The molecule has 0 fully saturated rings. The Hall–Kier alpha value is -2.82. The molecule has 1 aromatic carbocycles. The standard InChI is InChI=1S/C16H14N2O3/c1-11-4-6-12(7-5-11)15-9-13(18-21-15)10-17-16(19)14-3-2-8-20-14/h2-9H,10H2,1H3,(H,17,19). The molecule has 0 saturated carbocycles. The number of nitrogens with zero attached hydrogens (tertiary/aromatic N) is 1. The number of nitrogens with one attached hydrogen (secondary N) is 1. The molecule has 5 heteroatoms. The fourth-order valence-corrected chi connectivity index (χ4v) is 1.91. The minimum atomic E-state index is -0.278. The lowest BCUT2D eigenvalue weighted by atomic mass is 10.1. The van der Waals surface area contributed by atoms with Crippen LogP contribution in [0.2, 0.25) is 0 Å². The van der Waals surface area contributed by atoms with Gasteiger partial charge in [0.05, 0.1) is 12.8 Å². The van der Waals surface area contributed by atoms with Gasteiger partial charge in [0.2, 0.25) is 0 Å². The van der Waals surface area contributed by atoms with Crippen LogP contribution in [0.15, 0.2) is 57.7 Å². The Bertz CT molecular complexity index is 727. The van der Waals surface area contributed by atoms with Crippen molar-refractivity contribution in [2.75, 3.05) is 0 Å². The maximum Gasteiger partial charge on any atom is 0.287 e. The molecule has 0 unspecified atom stereocenters. The van der Waals surface area contributed by atoms with Crippen LogP contribution >= 0.6 is 0 Å². The second-order valence-corrected chi connectivity index (χ2v) is 4.71. The number of rotatable bonds is 4. The van der Waals surface area contributed by atoms with Crippen molar-refractivity contribution < 1.29 is 13.7 Å². The largest absolute Gasteiger partial charge is 0.459 e. The highest BCUT2D eigenvalue weighted by Crippen LogP contribution is 2.20. The summed E-state index contributed by atoms with van der Waals surface area (Å²) in [5, 5.41) is 6.67. The van der Waals surface area contributed by atoms with Crippen molar-refractivity contribution in [3.63, 3.8) is 0 Å². The number of aromatic nitrogens is 1. The van der Waals surface area contributed by atoms with Gasteiger partial charge in [0.25, 0.3) is 5.91 Å². The van der Waals surface area contributed by atoms with Crippen LogP contribution in [0.1, 0.15) is 21.8 Å². The number of furan rings is 1. The van der Waals surface area contributed by atoms with Gasteiger partial charge in [0.15, 0.2) is 11.5 Å². The maximum absolute atomic E-state index is 11.7. The molecule has 0 bridgehead atoms. The third-order valence-electron chi connectivity index (χ3n) is 3.07. The van der Waals surface area contributed by atoms with E-state index < -0.39 is 0 Å². The normalized spacial score (nSPS) is 10.5. The van der Waals surface area contributed by atoms with Gasteiger partial charge in [-0.25, -0.2) is 0 Å². The molecule has 21 heavy (non-hydrogen) atoms. The Balaban J connectivity index is 1.65. The fourth-order valence-electron chi connectivity index (χ4n) is 1.91. The van der Waals surface area contributed by atoms with Crippen molar-refractivity contribution in [1.29, 1.82) is 0 Å². The van der Waals surface area contributed by atoms with Gasteiger partial charge >= 0.3 is 0 Å². The quantitative estimate of drug-likeness (QED) is 0.798. The van der Waals surface area contributed by atoms with Crippen LogP contribution in [0, 0.1) is 6.92 Å². The van der Waals surface area contributed by atoms with Gasteiger partial charge in [-0.3, -0.25) is 4.79 Å². The van der Waals surface area contributed by atoms with Crippen molar-refractivity contribution in [2.24, 2.45) is 0 Å². The second-order valence-electron chi connectivity index (χ2n) is 4.71. The van der Waals surface area contributed by atoms with Gasteiger partial charge < -0.3 is 14.3 Å². The topological polar surface area (TPSA) is 68.3 Å². The van der Waals surface area contributed by atoms with E-state index in [9.17, 15) is 4.79 Å². The minimum Gasteiger partial charge on any atom is -0.459 e. The molecule has 0 radical (unpaired) electrons. The summed E-state index contributed by atoms with van der Waals surface area (Å²) in [6.45, 7) is 2.31. The van der Waals surface area contributed by atoms with Crippen LogP contribution in [0.3, 0.4) is 0 Å².